The number of benzene rings is 1. The van der Waals surface area contributed by atoms with Crippen molar-refractivity contribution in [2.24, 2.45) is 11.7 Å². The molecule has 1 aliphatic carbocycles. The SMILES string of the molecule is NCc1ccccc1CNC(=O)CCC1CCCCC1. The summed E-state index contributed by atoms with van der Waals surface area (Å²) in [6.07, 6.45) is 8.39. The maximum absolute atomic E-state index is 11.9. The lowest BCUT2D eigenvalue weighted by atomic mass is 9.86. The van der Waals surface area contributed by atoms with Crippen molar-refractivity contribution in [3.63, 3.8) is 0 Å². The van der Waals surface area contributed by atoms with E-state index in [1.54, 1.807) is 0 Å². The van der Waals surface area contributed by atoms with Crippen molar-refractivity contribution < 1.29 is 4.79 Å². The van der Waals surface area contributed by atoms with Gasteiger partial charge in [-0.2, -0.15) is 0 Å². The molecule has 0 saturated heterocycles. The number of hydrogen-bond donors (Lipinski definition) is 2. The molecule has 1 aromatic carbocycles. The first-order valence-corrected chi connectivity index (χ1v) is 7.83. The molecule has 3 nitrogen and oxygen atoms in total. The van der Waals surface area contributed by atoms with Gasteiger partial charge in [-0.05, 0) is 23.5 Å². The zero-order chi connectivity index (χ0) is 14.2. The van der Waals surface area contributed by atoms with Gasteiger partial charge in [-0.1, -0.05) is 56.4 Å². The van der Waals surface area contributed by atoms with Crippen molar-refractivity contribution in [1.29, 1.82) is 0 Å². The summed E-state index contributed by atoms with van der Waals surface area (Å²) in [6.45, 7) is 1.12. The average Bonchev–Trinajstić information content (AvgIpc) is 2.52. The molecule has 110 valence electrons. The molecule has 3 N–H and O–H groups in total. The quantitative estimate of drug-likeness (QED) is 0.837. The molecule has 3 heteroatoms. The molecule has 1 aliphatic rings. The van der Waals surface area contributed by atoms with Crippen molar-refractivity contribution in [3.05, 3.63) is 35.4 Å². The second kappa shape index (κ2) is 8.05. The number of nitrogens with two attached hydrogens (primary N) is 1. The minimum atomic E-state index is 0.169. The molecule has 2 rings (SSSR count). The molecule has 0 radical (unpaired) electrons. The van der Waals surface area contributed by atoms with Crippen LogP contribution in [0.5, 0.6) is 0 Å². The fourth-order valence-electron chi connectivity index (χ4n) is 3.02. The fourth-order valence-corrected chi connectivity index (χ4v) is 3.02. The summed E-state index contributed by atoms with van der Waals surface area (Å²) in [6, 6.07) is 8.02. The van der Waals surface area contributed by atoms with Crippen LogP contribution in [-0.4, -0.2) is 5.91 Å². The standard InChI is InChI=1S/C17H26N2O/c18-12-15-8-4-5-9-16(15)13-19-17(20)11-10-14-6-2-1-3-7-14/h4-5,8-9,14H,1-3,6-7,10-13,18H2,(H,19,20). The van der Waals surface area contributed by atoms with E-state index in [1.807, 2.05) is 24.3 Å². The van der Waals surface area contributed by atoms with Crippen LogP contribution in [0.3, 0.4) is 0 Å². The smallest absolute Gasteiger partial charge is 0.220 e. The Morgan fingerprint density at radius 3 is 2.55 bits per heavy atom. The van der Waals surface area contributed by atoms with E-state index in [9.17, 15) is 4.79 Å². The number of amides is 1. The first kappa shape index (κ1) is 15.0. The maximum Gasteiger partial charge on any atom is 0.220 e. The van der Waals surface area contributed by atoms with E-state index in [2.05, 4.69) is 5.32 Å². The Morgan fingerprint density at radius 2 is 1.85 bits per heavy atom. The van der Waals surface area contributed by atoms with Crippen LogP contribution >= 0.6 is 0 Å². The largest absolute Gasteiger partial charge is 0.352 e. The van der Waals surface area contributed by atoms with E-state index >= 15 is 0 Å². The highest BCUT2D eigenvalue weighted by Crippen LogP contribution is 2.27. The van der Waals surface area contributed by atoms with Crippen molar-refractivity contribution in [1.82, 2.24) is 5.32 Å². The third-order valence-electron chi connectivity index (χ3n) is 4.32. The molecule has 0 bridgehead atoms. The topological polar surface area (TPSA) is 55.1 Å². The molecule has 0 atom stereocenters. The summed E-state index contributed by atoms with van der Waals surface area (Å²) < 4.78 is 0. The molecular weight excluding hydrogens is 248 g/mol. The molecule has 20 heavy (non-hydrogen) atoms. The van der Waals surface area contributed by atoms with Crippen LogP contribution in [0, 0.1) is 5.92 Å². The zero-order valence-electron chi connectivity index (χ0n) is 12.2. The van der Waals surface area contributed by atoms with E-state index in [0.717, 1.165) is 23.5 Å². The molecule has 0 aliphatic heterocycles. The number of nitrogens with one attached hydrogen (secondary N) is 1. The van der Waals surface area contributed by atoms with Crippen molar-refractivity contribution >= 4 is 5.91 Å². The lowest BCUT2D eigenvalue weighted by Crippen LogP contribution is -2.24. The Hall–Kier alpha value is -1.35. The van der Waals surface area contributed by atoms with Gasteiger partial charge in [-0.15, -0.1) is 0 Å². The van der Waals surface area contributed by atoms with Gasteiger partial charge in [0, 0.05) is 19.5 Å². The third kappa shape index (κ3) is 4.64. The summed E-state index contributed by atoms with van der Waals surface area (Å²) in [5, 5.41) is 3.02. The fraction of sp³-hybridized carbons (Fsp3) is 0.588. The highest BCUT2D eigenvalue weighted by atomic mass is 16.1. The van der Waals surface area contributed by atoms with Crippen LogP contribution in [0.25, 0.3) is 0 Å². The minimum Gasteiger partial charge on any atom is -0.352 e. The number of carbonyl (C=O) groups is 1. The molecule has 0 unspecified atom stereocenters. The van der Waals surface area contributed by atoms with Gasteiger partial charge in [0.1, 0.15) is 0 Å². The van der Waals surface area contributed by atoms with Crippen LogP contribution in [0.2, 0.25) is 0 Å². The number of carbonyl (C=O) groups excluding carboxylic acids is 1. The second-order valence-electron chi connectivity index (χ2n) is 5.79. The Kier molecular flexibility index (Phi) is 6.06. The van der Waals surface area contributed by atoms with Crippen LogP contribution in [-0.2, 0) is 17.9 Å². The normalized spacial score (nSPS) is 16.1. The Bertz CT molecular complexity index is 425. The first-order chi connectivity index (χ1) is 9.79. The summed E-state index contributed by atoms with van der Waals surface area (Å²) in [7, 11) is 0. The van der Waals surface area contributed by atoms with Gasteiger partial charge in [0.25, 0.3) is 0 Å². The Morgan fingerprint density at radius 1 is 1.15 bits per heavy atom. The first-order valence-electron chi connectivity index (χ1n) is 7.83. The van der Waals surface area contributed by atoms with Gasteiger partial charge >= 0.3 is 0 Å². The average molecular weight is 274 g/mol. The van der Waals surface area contributed by atoms with Crippen LogP contribution in [0.4, 0.5) is 0 Å². The van der Waals surface area contributed by atoms with E-state index < -0.39 is 0 Å². The second-order valence-corrected chi connectivity index (χ2v) is 5.79. The Balaban J connectivity index is 1.71. The van der Waals surface area contributed by atoms with Crippen molar-refractivity contribution in [2.45, 2.75) is 58.0 Å². The lowest BCUT2D eigenvalue weighted by molar-refractivity contribution is -0.121. The van der Waals surface area contributed by atoms with Gasteiger partial charge in [0.15, 0.2) is 0 Å². The monoisotopic (exact) mass is 274 g/mol. The molecule has 1 fully saturated rings. The minimum absolute atomic E-state index is 0.169. The number of rotatable bonds is 6. The van der Waals surface area contributed by atoms with Crippen LogP contribution < -0.4 is 11.1 Å². The van der Waals surface area contributed by atoms with Crippen molar-refractivity contribution in [2.75, 3.05) is 0 Å². The lowest BCUT2D eigenvalue weighted by Gasteiger charge is -2.21. The predicted molar refractivity (Wildman–Crippen MR) is 82.0 cm³/mol. The van der Waals surface area contributed by atoms with Gasteiger partial charge in [0.05, 0.1) is 0 Å². The highest BCUT2D eigenvalue weighted by Gasteiger charge is 2.14. The van der Waals surface area contributed by atoms with Gasteiger partial charge in [-0.25, -0.2) is 0 Å². The Labute approximate surface area is 121 Å². The summed E-state index contributed by atoms with van der Waals surface area (Å²) in [5.41, 5.74) is 7.94. The van der Waals surface area contributed by atoms with Gasteiger partial charge in [-0.3, -0.25) is 4.79 Å². The van der Waals surface area contributed by atoms with Crippen LogP contribution in [0.15, 0.2) is 24.3 Å². The molecule has 0 spiro atoms. The number of hydrogen-bond acceptors (Lipinski definition) is 2. The van der Waals surface area contributed by atoms with Crippen LogP contribution in [0.1, 0.15) is 56.1 Å². The molecule has 0 aromatic heterocycles. The molecule has 1 aromatic rings. The summed E-state index contributed by atoms with van der Waals surface area (Å²) in [5.74, 6) is 0.938. The molecular formula is C17H26N2O. The third-order valence-corrected chi connectivity index (χ3v) is 4.32. The summed E-state index contributed by atoms with van der Waals surface area (Å²) in [4.78, 5) is 11.9. The molecule has 1 amide bonds. The van der Waals surface area contributed by atoms with Crippen molar-refractivity contribution in [3.8, 4) is 0 Å². The van der Waals surface area contributed by atoms with E-state index in [1.165, 1.54) is 32.1 Å². The van der Waals surface area contributed by atoms with E-state index in [0.29, 0.717) is 19.5 Å². The van der Waals surface area contributed by atoms with Gasteiger partial charge < -0.3 is 11.1 Å². The van der Waals surface area contributed by atoms with E-state index in [4.69, 9.17) is 5.73 Å². The van der Waals surface area contributed by atoms with Gasteiger partial charge in [0.2, 0.25) is 5.91 Å². The molecule has 0 heterocycles. The van der Waals surface area contributed by atoms with E-state index in [-0.39, 0.29) is 5.91 Å². The highest BCUT2D eigenvalue weighted by molar-refractivity contribution is 5.75. The molecule has 1 saturated carbocycles. The summed E-state index contributed by atoms with van der Waals surface area (Å²) >= 11 is 0. The zero-order valence-corrected chi connectivity index (χ0v) is 12.2. The maximum atomic E-state index is 11.9. The predicted octanol–water partition coefficient (Wildman–Crippen LogP) is 3.12.